The highest BCUT2D eigenvalue weighted by Gasteiger charge is 2.29. The van der Waals surface area contributed by atoms with Gasteiger partial charge in [0.2, 0.25) is 0 Å². The van der Waals surface area contributed by atoms with Gasteiger partial charge in [-0.15, -0.1) is 10.2 Å². The van der Waals surface area contributed by atoms with Crippen LogP contribution in [0.25, 0.3) is 0 Å². The summed E-state index contributed by atoms with van der Waals surface area (Å²) in [5, 5.41) is 9.98. The molecule has 0 radical (unpaired) electrons. The Morgan fingerprint density at radius 2 is 2.32 bits per heavy atom. The molecule has 6 heteroatoms. The van der Waals surface area contributed by atoms with E-state index in [0.29, 0.717) is 5.92 Å². The van der Waals surface area contributed by atoms with Crippen LogP contribution in [0.2, 0.25) is 0 Å². The molecule has 3 rings (SSSR count). The molecule has 1 aliphatic rings. The van der Waals surface area contributed by atoms with E-state index in [2.05, 4.69) is 34.7 Å². The van der Waals surface area contributed by atoms with E-state index >= 15 is 0 Å². The molecule has 1 saturated heterocycles. The number of nitrogens with one attached hydrogen (secondary N) is 1. The molecule has 120 valence electrons. The molecule has 1 fully saturated rings. The maximum atomic E-state index is 5.50. The quantitative estimate of drug-likeness (QED) is 0.827. The highest BCUT2D eigenvalue weighted by Crippen LogP contribution is 2.24. The minimum absolute atomic E-state index is 0.511. The molecular weight excluding hydrogens is 296 g/mol. The number of nitrogens with zero attached hydrogens (tertiary/aromatic N) is 3. The van der Waals surface area contributed by atoms with E-state index in [-0.39, 0.29) is 0 Å². The monoisotopic (exact) mass is 321 g/mol. The van der Waals surface area contributed by atoms with Crippen LogP contribution in [0.1, 0.15) is 44.2 Å². The van der Waals surface area contributed by atoms with Gasteiger partial charge in [0.25, 0.3) is 0 Å². The fourth-order valence-corrected chi connectivity index (χ4v) is 4.06. The smallest absolute Gasteiger partial charge is 0.191 e. The van der Waals surface area contributed by atoms with Crippen LogP contribution < -0.4 is 4.90 Å². The molecule has 1 aliphatic heterocycles. The third kappa shape index (κ3) is 3.38. The van der Waals surface area contributed by atoms with Crippen molar-refractivity contribution in [3.05, 3.63) is 30.0 Å². The van der Waals surface area contributed by atoms with Crippen molar-refractivity contribution in [1.29, 1.82) is 0 Å². The zero-order chi connectivity index (χ0) is 15.4. The Bertz CT molecular complexity index is 581. The van der Waals surface area contributed by atoms with Crippen LogP contribution in [0.15, 0.2) is 28.0 Å². The number of thioether (sulfide) groups is 1. The molecule has 5 nitrogen and oxygen atoms in total. The van der Waals surface area contributed by atoms with E-state index in [1.165, 1.54) is 25.2 Å². The summed E-state index contributed by atoms with van der Waals surface area (Å²) in [5.74, 6) is 3.81. The van der Waals surface area contributed by atoms with Gasteiger partial charge >= 0.3 is 0 Å². The first kappa shape index (κ1) is 15.6. The largest absolute Gasteiger partial charge is 0.463 e. The van der Waals surface area contributed by atoms with E-state index < -0.39 is 0 Å². The second-order valence-corrected chi connectivity index (χ2v) is 7.05. The topological polar surface area (TPSA) is 48.3 Å². The van der Waals surface area contributed by atoms with Crippen molar-refractivity contribution in [2.24, 2.45) is 0 Å². The van der Waals surface area contributed by atoms with Gasteiger partial charge < -0.3 is 13.9 Å². The second kappa shape index (κ2) is 7.33. The van der Waals surface area contributed by atoms with Crippen molar-refractivity contribution in [2.75, 3.05) is 18.8 Å². The summed E-state index contributed by atoms with van der Waals surface area (Å²) in [6, 6.07) is 4.04. The number of aromatic nitrogens is 3. The maximum Gasteiger partial charge on any atom is 0.191 e. The molecule has 0 amide bonds. The summed E-state index contributed by atoms with van der Waals surface area (Å²) < 4.78 is 7.80. The van der Waals surface area contributed by atoms with Crippen molar-refractivity contribution >= 4 is 11.8 Å². The summed E-state index contributed by atoms with van der Waals surface area (Å²) in [4.78, 5) is 1.58. The zero-order valence-electron chi connectivity index (χ0n) is 13.4. The van der Waals surface area contributed by atoms with Crippen molar-refractivity contribution in [3.8, 4) is 0 Å². The average molecular weight is 321 g/mol. The molecule has 22 heavy (non-hydrogen) atoms. The highest BCUT2D eigenvalue weighted by molar-refractivity contribution is 7.99. The first-order valence-electron chi connectivity index (χ1n) is 8.23. The van der Waals surface area contributed by atoms with E-state index in [4.69, 9.17) is 4.42 Å². The van der Waals surface area contributed by atoms with Crippen LogP contribution in [0.3, 0.4) is 0 Å². The number of quaternary nitrogens is 1. The Kier molecular flexibility index (Phi) is 5.20. The van der Waals surface area contributed by atoms with Crippen LogP contribution in [0, 0.1) is 0 Å². The molecule has 0 aliphatic carbocycles. The summed E-state index contributed by atoms with van der Waals surface area (Å²) >= 11 is 1.78. The van der Waals surface area contributed by atoms with Crippen LogP contribution in [0.5, 0.6) is 0 Å². The first-order chi connectivity index (χ1) is 10.8. The lowest BCUT2D eigenvalue weighted by Crippen LogP contribution is -3.12. The number of piperidine rings is 1. The van der Waals surface area contributed by atoms with Crippen LogP contribution in [-0.4, -0.2) is 33.6 Å². The first-order valence-corrected chi connectivity index (χ1v) is 9.22. The van der Waals surface area contributed by atoms with Gasteiger partial charge in [0, 0.05) is 6.54 Å². The molecule has 1 N–H and O–H groups in total. The van der Waals surface area contributed by atoms with Gasteiger partial charge in [-0.05, 0) is 37.7 Å². The molecule has 0 spiro atoms. The number of rotatable bonds is 6. The molecule has 1 unspecified atom stereocenters. The third-order valence-corrected chi connectivity index (χ3v) is 5.17. The fourth-order valence-electron chi connectivity index (χ4n) is 3.33. The van der Waals surface area contributed by atoms with Gasteiger partial charge in [-0.2, -0.15) is 0 Å². The van der Waals surface area contributed by atoms with Crippen molar-refractivity contribution in [1.82, 2.24) is 14.8 Å². The van der Waals surface area contributed by atoms with Gasteiger partial charge in [0.15, 0.2) is 10.9 Å². The average Bonchev–Trinajstić information content (AvgIpc) is 3.17. The summed E-state index contributed by atoms with van der Waals surface area (Å²) in [5.41, 5.74) is 0. The molecule has 2 atom stereocenters. The molecule has 0 aromatic carbocycles. The van der Waals surface area contributed by atoms with Crippen molar-refractivity contribution in [3.63, 3.8) is 0 Å². The Hall–Kier alpha value is -1.27. The normalized spacial score (nSPS) is 22.1. The van der Waals surface area contributed by atoms with E-state index in [0.717, 1.165) is 36.3 Å². The highest BCUT2D eigenvalue weighted by atomic mass is 32.2. The maximum absolute atomic E-state index is 5.50. The lowest BCUT2D eigenvalue weighted by molar-refractivity contribution is -0.921. The SMILES string of the molecule is CCSc1nnc([C@@H]2CCC[NH+](Cc3ccco3)C2)n1CC. The lowest BCUT2D eigenvalue weighted by atomic mass is 9.97. The molecular formula is C16H25N4OS+. The van der Waals surface area contributed by atoms with Gasteiger partial charge in [-0.3, -0.25) is 0 Å². The number of hydrogen-bond acceptors (Lipinski definition) is 4. The Balaban J connectivity index is 1.71. The standard InChI is InChI=1S/C16H24N4OS/c1-3-20-15(17-18-16(20)22-4-2)13-7-5-9-19(11-13)12-14-8-6-10-21-14/h6,8,10,13H,3-5,7,9,11-12H2,1-2H3/p+1/t13-/m1/s1. The van der Waals surface area contributed by atoms with E-state index in [9.17, 15) is 0 Å². The Labute approximate surface area is 136 Å². The summed E-state index contributed by atoms with van der Waals surface area (Å²) in [6.45, 7) is 8.61. The number of likely N-dealkylation sites (tertiary alicyclic amines) is 1. The lowest BCUT2D eigenvalue weighted by Gasteiger charge is -2.29. The van der Waals surface area contributed by atoms with Crippen LogP contribution >= 0.6 is 11.8 Å². The molecule has 2 aromatic heterocycles. The molecule has 0 bridgehead atoms. The predicted octanol–water partition coefficient (Wildman–Crippen LogP) is 1.97. The van der Waals surface area contributed by atoms with E-state index in [1.807, 2.05) is 6.07 Å². The van der Waals surface area contributed by atoms with Crippen LogP contribution in [0.4, 0.5) is 0 Å². The summed E-state index contributed by atoms with van der Waals surface area (Å²) in [6.07, 6.45) is 4.22. The molecule has 3 heterocycles. The minimum Gasteiger partial charge on any atom is -0.463 e. The predicted molar refractivity (Wildman–Crippen MR) is 87.2 cm³/mol. The van der Waals surface area contributed by atoms with Crippen molar-refractivity contribution in [2.45, 2.75) is 50.9 Å². The van der Waals surface area contributed by atoms with Gasteiger partial charge in [0.1, 0.15) is 12.4 Å². The van der Waals surface area contributed by atoms with Crippen LogP contribution in [-0.2, 0) is 13.1 Å². The zero-order valence-corrected chi connectivity index (χ0v) is 14.2. The molecule has 2 aromatic rings. The Morgan fingerprint density at radius 1 is 1.41 bits per heavy atom. The second-order valence-electron chi connectivity index (χ2n) is 5.82. The number of hydrogen-bond donors (Lipinski definition) is 1. The third-order valence-electron chi connectivity index (χ3n) is 4.32. The summed E-state index contributed by atoms with van der Waals surface area (Å²) in [7, 11) is 0. The minimum atomic E-state index is 0.511. The van der Waals surface area contributed by atoms with Gasteiger partial charge in [-0.1, -0.05) is 18.7 Å². The number of furan rings is 1. The van der Waals surface area contributed by atoms with Crippen molar-refractivity contribution < 1.29 is 9.32 Å². The fraction of sp³-hybridized carbons (Fsp3) is 0.625. The van der Waals surface area contributed by atoms with E-state index in [1.54, 1.807) is 22.9 Å². The van der Waals surface area contributed by atoms with Gasteiger partial charge in [0.05, 0.1) is 25.3 Å². The molecule has 0 saturated carbocycles. The van der Waals surface area contributed by atoms with Gasteiger partial charge in [-0.25, -0.2) is 0 Å². The Morgan fingerprint density at radius 3 is 3.05 bits per heavy atom.